The number of hydrogen-bond acceptors (Lipinski definition) is 1. The van der Waals surface area contributed by atoms with Crippen LogP contribution in [0.2, 0.25) is 0 Å². The predicted molar refractivity (Wildman–Crippen MR) is 170 cm³/mol. The average molecular weight is 526 g/mol. The molecule has 8 aromatic rings. The normalized spacial score (nSPS) is 13.8. The van der Waals surface area contributed by atoms with E-state index >= 15 is 0 Å². The van der Waals surface area contributed by atoms with Gasteiger partial charge in [-0.1, -0.05) is 98.8 Å². The van der Waals surface area contributed by atoms with Crippen LogP contribution in [0.25, 0.3) is 66.2 Å². The summed E-state index contributed by atoms with van der Waals surface area (Å²) in [6.07, 6.45) is 2.07. The van der Waals surface area contributed by atoms with E-state index in [1.54, 1.807) is 0 Å². The molecule has 0 N–H and O–H groups in total. The molecule has 5 aromatic carbocycles. The lowest BCUT2D eigenvalue weighted by atomic mass is 9.82. The Balaban J connectivity index is 1.44. The van der Waals surface area contributed by atoms with E-state index in [9.17, 15) is 0 Å². The molecule has 0 unspecified atom stereocenters. The van der Waals surface area contributed by atoms with Gasteiger partial charge in [0.15, 0.2) is 0 Å². The quantitative estimate of drug-likeness (QED) is 0.220. The van der Waals surface area contributed by atoms with Gasteiger partial charge >= 0.3 is 0 Å². The van der Waals surface area contributed by atoms with Crippen molar-refractivity contribution in [3.8, 4) is 22.5 Å². The third-order valence-corrected chi connectivity index (χ3v) is 9.16. The summed E-state index contributed by atoms with van der Waals surface area (Å²) < 4.78 is 4.77. The molecule has 3 nitrogen and oxygen atoms in total. The van der Waals surface area contributed by atoms with Crippen molar-refractivity contribution in [2.45, 2.75) is 19.3 Å². The topological polar surface area (TPSA) is 22.8 Å². The van der Waals surface area contributed by atoms with Crippen LogP contribution in [0.15, 0.2) is 128 Å². The van der Waals surface area contributed by atoms with E-state index in [4.69, 9.17) is 4.98 Å². The summed E-state index contributed by atoms with van der Waals surface area (Å²) in [5.74, 6) is 0. The van der Waals surface area contributed by atoms with Crippen molar-refractivity contribution in [2.75, 3.05) is 0 Å². The summed E-state index contributed by atoms with van der Waals surface area (Å²) in [5.41, 5.74) is 12.2. The summed E-state index contributed by atoms with van der Waals surface area (Å²) in [5, 5.41) is 4.78. The number of rotatable bonds is 2. The van der Waals surface area contributed by atoms with Crippen molar-refractivity contribution < 1.29 is 0 Å². The van der Waals surface area contributed by atoms with Crippen LogP contribution >= 0.6 is 0 Å². The Morgan fingerprint density at radius 2 is 1.20 bits per heavy atom. The van der Waals surface area contributed by atoms with Crippen LogP contribution in [-0.2, 0) is 5.41 Å². The fourth-order valence-electron chi connectivity index (χ4n) is 7.29. The minimum atomic E-state index is -0.0685. The number of aromatic nitrogens is 3. The largest absolute Gasteiger partial charge is 0.308 e. The van der Waals surface area contributed by atoms with Gasteiger partial charge in [0.25, 0.3) is 0 Å². The van der Waals surface area contributed by atoms with Gasteiger partial charge in [-0.05, 0) is 58.7 Å². The number of benzene rings is 5. The molecule has 0 amide bonds. The molecule has 0 fully saturated rings. The summed E-state index contributed by atoms with van der Waals surface area (Å²) in [4.78, 5) is 5.14. The van der Waals surface area contributed by atoms with E-state index in [1.165, 1.54) is 60.5 Å². The Morgan fingerprint density at radius 3 is 2.02 bits per heavy atom. The van der Waals surface area contributed by atoms with Crippen LogP contribution in [-0.4, -0.2) is 14.1 Å². The van der Waals surface area contributed by atoms with Crippen LogP contribution in [0, 0.1) is 0 Å². The highest BCUT2D eigenvalue weighted by Gasteiger charge is 2.35. The molecule has 0 spiro atoms. The maximum atomic E-state index is 5.14. The zero-order valence-corrected chi connectivity index (χ0v) is 23.0. The van der Waals surface area contributed by atoms with Crippen molar-refractivity contribution in [1.29, 1.82) is 0 Å². The molecule has 3 aromatic heterocycles. The summed E-state index contributed by atoms with van der Waals surface area (Å²) in [6.45, 7) is 4.70. The Morgan fingerprint density at radius 1 is 0.537 bits per heavy atom. The molecular formula is C38H27N3. The number of pyridine rings is 1. The molecule has 0 saturated carbocycles. The zero-order valence-electron chi connectivity index (χ0n) is 23.0. The first-order chi connectivity index (χ1) is 20.1. The number of nitrogens with zero attached hydrogens (tertiary/aromatic N) is 3. The van der Waals surface area contributed by atoms with Crippen molar-refractivity contribution in [2.24, 2.45) is 0 Å². The monoisotopic (exact) mass is 525 g/mol. The van der Waals surface area contributed by atoms with Gasteiger partial charge in [-0.2, -0.15) is 0 Å². The van der Waals surface area contributed by atoms with Gasteiger partial charge in [-0.25, -0.2) is 4.98 Å². The van der Waals surface area contributed by atoms with Crippen LogP contribution in [0.3, 0.4) is 0 Å². The highest BCUT2D eigenvalue weighted by Crippen LogP contribution is 2.50. The average Bonchev–Trinajstić information content (AvgIpc) is 3.61. The maximum Gasteiger partial charge on any atom is 0.147 e. The Kier molecular flexibility index (Phi) is 4.39. The molecule has 0 atom stereocenters. The van der Waals surface area contributed by atoms with E-state index in [0.717, 1.165) is 16.9 Å². The molecule has 3 heteroatoms. The lowest BCUT2D eigenvalue weighted by molar-refractivity contribution is 0.660. The number of para-hydroxylation sites is 3. The summed E-state index contributed by atoms with van der Waals surface area (Å²) in [7, 11) is 0. The summed E-state index contributed by atoms with van der Waals surface area (Å²) in [6, 6.07) is 43.9. The van der Waals surface area contributed by atoms with Gasteiger partial charge in [0, 0.05) is 39.1 Å². The second kappa shape index (κ2) is 7.96. The van der Waals surface area contributed by atoms with Crippen molar-refractivity contribution in [3.63, 3.8) is 0 Å². The highest BCUT2D eigenvalue weighted by molar-refractivity contribution is 6.25. The van der Waals surface area contributed by atoms with Gasteiger partial charge in [-0.15, -0.1) is 0 Å². The lowest BCUT2D eigenvalue weighted by Gasteiger charge is -2.22. The van der Waals surface area contributed by atoms with Crippen LogP contribution < -0.4 is 0 Å². The summed E-state index contributed by atoms with van der Waals surface area (Å²) >= 11 is 0. The Labute approximate surface area is 237 Å². The highest BCUT2D eigenvalue weighted by atomic mass is 15.1. The third-order valence-electron chi connectivity index (χ3n) is 9.16. The predicted octanol–water partition coefficient (Wildman–Crippen LogP) is 9.58. The molecule has 0 radical (unpaired) electrons. The van der Waals surface area contributed by atoms with E-state index in [0.29, 0.717) is 0 Å². The molecule has 194 valence electrons. The second-order valence-corrected chi connectivity index (χ2v) is 11.7. The first-order valence-electron chi connectivity index (χ1n) is 14.2. The standard InChI is InChI=1S/C38H27N3/c1-38(2)31-17-9-6-14-26(31)27-21-20-25(22-32(27)38)40-33-18-10-7-15-28(33)30-23-39-37-35(36(30)40)29-16-8-11-19-34(29)41(37)24-12-4-3-5-13-24/h3-23H,1-2H3. The first kappa shape index (κ1) is 22.6. The lowest BCUT2D eigenvalue weighted by Crippen LogP contribution is -2.15. The van der Waals surface area contributed by atoms with Crippen LogP contribution in [0.4, 0.5) is 0 Å². The molecule has 0 aliphatic heterocycles. The Bertz CT molecular complexity index is 2330. The number of fused-ring (bicyclic) bond motifs is 10. The van der Waals surface area contributed by atoms with Crippen molar-refractivity contribution >= 4 is 43.7 Å². The van der Waals surface area contributed by atoms with Crippen LogP contribution in [0.1, 0.15) is 25.0 Å². The smallest absolute Gasteiger partial charge is 0.147 e. The molecule has 1 aliphatic carbocycles. The SMILES string of the molecule is CC1(C)c2ccccc2-c2ccc(-n3c4ccccc4c4cnc5c(c6ccccc6n5-c5ccccc5)c43)cc21. The van der Waals surface area contributed by atoms with E-state index < -0.39 is 0 Å². The molecule has 0 bridgehead atoms. The fourth-order valence-corrected chi connectivity index (χ4v) is 7.29. The molecule has 0 saturated heterocycles. The molecule has 1 aliphatic rings. The fraction of sp³-hybridized carbons (Fsp3) is 0.0789. The van der Waals surface area contributed by atoms with Gasteiger partial charge in [0.1, 0.15) is 5.65 Å². The van der Waals surface area contributed by atoms with Gasteiger partial charge in [0.05, 0.1) is 21.9 Å². The second-order valence-electron chi connectivity index (χ2n) is 11.7. The molecular weight excluding hydrogens is 498 g/mol. The van der Waals surface area contributed by atoms with Gasteiger partial charge in [0.2, 0.25) is 0 Å². The Hall–Kier alpha value is -5.15. The van der Waals surface area contributed by atoms with Crippen molar-refractivity contribution in [3.05, 3.63) is 139 Å². The zero-order chi connectivity index (χ0) is 27.3. The van der Waals surface area contributed by atoms with E-state index in [1.807, 2.05) is 0 Å². The van der Waals surface area contributed by atoms with E-state index in [-0.39, 0.29) is 5.41 Å². The molecule has 41 heavy (non-hydrogen) atoms. The van der Waals surface area contributed by atoms with Gasteiger partial charge in [-0.3, -0.25) is 4.57 Å². The number of hydrogen-bond donors (Lipinski definition) is 0. The van der Waals surface area contributed by atoms with E-state index in [2.05, 4.69) is 151 Å². The maximum absolute atomic E-state index is 5.14. The third kappa shape index (κ3) is 2.90. The molecule has 9 rings (SSSR count). The van der Waals surface area contributed by atoms with Crippen LogP contribution in [0.5, 0.6) is 0 Å². The first-order valence-corrected chi connectivity index (χ1v) is 14.2. The molecule has 3 heterocycles. The minimum Gasteiger partial charge on any atom is -0.308 e. The minimum absolute atomic E-state index is 0.0685. The van der Waals surface area contributed by atoms with Gasteiger partial charge < -0.3 is 4.57 Å². The van der Waals surface area contributed by atoms with Crippen molar-refractivity contribution in [1.82, 2.24) is 14.1 Å².